The van der Waals surface area contributed by atoms with Crippen LogP contribution >= 0.6 is 23.1 Å². The van der Waals surface area contributed by atoms with Gasteiger partial charge in [-0.1, -0.05) is 32.9 Å². The van der Waals surface area contributed by atoms with Crippen LogP contribution in [-0.4, -0.2) is 9.73 Å². The number of halogens is 3. The van der Waals surface area contributed by atoms with Gasteiger partial charge in [-0.05, 0) is 29.8 Å². The van der Waals surface area contributed by atoms with Gasteiger partial charge < -0.3 is 0 Å². The van der Waals surface area contributed by atoms with Gasteiger partial charge in [0.1, 0.15) is 0 Å². The summed E-state index contributed by atoms with van der Waals surface area (Å²) in [5.41, 5.74) is 3.75. The quantitative estimate of drug-likeness (QED) is 0.458. The maximum absolute atomic E-state index is 12.8. The fraction of sp³-hybridized carbons (Fsp3) is 0.278. The Kier molecular flexibility index (Phi) is 4.38. The first-order chi connectivity index (χ1) is 11.1. The molecule has 0 atom stereocenters. The van der Waals surface area contributed by atoms with Crippen molar-refractivity contribution >= 4 is 33.3 Å². The average Bonchev–Trinajstić information content (AvgIpc) is 2.93. The van der Waals surface area contributed by atoms with Crippen LogP contribution in [0.3, 0.4) is 0 Å². The molecule has 0 N–H and O–H groups in total. The third-order valence-corrected chi connectivity index (χ3v) is 5.41. The second-order valence-corrected chi connectivity index (χ2v) is 9.15. The highest BCUT2D eigenvalue weighted by Gasteiger charge is 2.30. The van der Waals surface area contributed by atoms with Crippen molar-refractivity contribution < 1.29 is 13.2 Å². The van der Waals surface area contributed by atoms with Crippen molar-refractivity contribution in [3.05, 3.63) is 47.5 Å². The molecule has 1 nitrogen and oxygen atoms in total. The summed E-state index contributed by atoms with van der Waals surface area (Å²) in [6.07, 6.45) is -4.32. The molecule has 1 aromatic heterocycles. The van der Waals surface area contributed by atoms with E-state index in [1.54, 1.807) is 29.4 Å². The molecule has 0 bridgehead atoms. The van der Waals surface area contributed by atoms with Crippen LogP contribution in [0, 0.1) is 0 Å². The zero-order valence-corrected chi connectivity index (χ0v) is 15.1. The number of nitrogens with zero attached hydrogens (tertiary/aromatic N) is 1. The van der Waals surface area contributed by atoms with Crippen LogP contribution < -0.4 is 0 Å². The van der Waals surface area contributed by atoms with E-state index >= 15 is 0 Å². The molecule has 0 spiro atoms. The molecule has 0 radical (unpaired) electrons. The van der Waals surface area contributed by atoms with Gasteiger partial charge in [0.15, 0.2) is 0 Å². The lowest BCUT2D eigenvalue weighted by atomic mass is 10.0. The van der Waals surface area contributed by atoms with Crippen LogP contribution in [0.2, 0.25) is 0 Å². The van der Waals surface area contributed by atoms with Gasteiger partial charge in [0, 0.05) is 15.2 Å². The highest BCUT2D eigenvalue weighted by molar-refractivity contribution is 8.00. The van der Waals surface area contributed by atoms with E-state index in [4.69, 9.17) is 0 Å². The van der Waals surface area contributed by atoms with Gasteiger partial charge in [-0.3, -0.25) is 0 Å². The van der Waals surface area contributed by atoms with E-state index in [-0.39, 0.29) is 4.75 Å². The minimum absolute atomic E-state index is 0.000967. The van der Waals surface area contributed by atoms with Crippen molar-refractivity contribution in [1.82, 2.24) is 4.98 Å². The standard InChI is InChI=1S/C18H16F3NS2/c1-17(2,3)24-14-9-8-13-16(23-10-22-13)15(14)11-4-6-12(7-5-11)18(19,20)21/h4-10H,1-3H3. The molecule has 0 saturated carbocycles. The fourth-order valence-corrected chi connectivity index (χ4v) is 4.47. The Morgan fingerprint density at radius 1 is 0.958 bits per heavy atom. The van der Waals surface area contributed by atoms with Gasteiger partial charge in [0.25, 0.3) is 0 Å². The van der Waals surface area contributed by atoms with E-state index in [1.165, 1.54) is 11.3 Å². The largest absolute Gasteiger partial charge is 0.416 e. The Hall–Kier alpha value is -1.53. The van der Waals surface area contributed by atoms with Crippen molar-refractivity contribution in [2.45, 2.75) is 36.6 Å². The normalized spacial score (nSPS) is 12.8. The number of thiazole rings is 1. The van der Waals surface area contributed by atoms with E-state index in [1.807, 2.05) is 12.1 Å². The number of hydrogen-bond donors (Lipinski definition) is 0. The third-order valence-electron chi connectivity index (χ3n) is 3.38. The first-order valence-electron chi connectivity index (χ1n) is 7.38. The maximum atomic E-state index is 12.8. The summed E-state index contributed by atoms with van der Waals surface area (Å²) in [7, 11) is 0. The molecule has 24 heavy (non-hydrogen) atoms. The predicted molar refractivity (Wildman–Crippen MR) is 95.7 cm³/mol. The van der Waals surface area contributed by atoms with Crippen molar-refractivity contribution in [2.24, 2.45) is 0 Å². The average molecular weight is 367 g/mol. The zero-order chi connectivity index (χ0) is 17.5. The fourth-order valence-electron chi connectivity index (χ4n) is 2.42. The Labute approximate surface area is 146 Å². The molecule has 0 saturated heterocycles. The molecule has 0 fully saturated rings. The Morgan fingerprint density at radius 2 is 1.62 bits per heavy atom. The van der Waals surface area contributed by atoms with Crippen molar-refractivity contribution in [3.63, 3.8) is 0 Å². The molecule has 6 heteroatoms. The minimum Gasteiger partial charge on any atom is -0.245 e. The second-order valence-electron chi connectivity index (χ2n) is 6.43. The molecule has 126 valence electrons. The number of benzene rings is 2. The molecule has 0 amide bonds. The molecule has 0 aliphatic carbocycles. The SMILES string of the molecule is CC(C)(C)Sc1ccc2ncsc2c1-c1ccc(C(F)(F)F)cc1. The maximum Gasteiger partial charge on any atom is 0.416 e. The highest BCUT2D eigenvalue weighted by Crippen LogP contribution is 2.43. The van der Waals surface area contributed by atoms with Crippen LogP contribution in [0.5, 0.6) is 0 Å². The van der Waals surface area contributed by atoms with Crippen LogP contribution in [0.1, 0.15) is 26.3 Å². The summed E-state index contributed by atoms with van der Waals surface area (Å²) < 4.78 is 39.4. The number of thioether (sulfide) groups is 1. The monoisotopic (exact) mass is 367 g/mol. The van der Waals surface area contributed by atoms with E-state index in [2.05, 4.69) is 25.8 Å². The van der Waals surface area contributed by atoms with E-state index in [0.29, 0.717) is 0 Å². The molecule has 1 heterocycles. The summed E-state index contributed by atoms with van der Waals surface area (Å²) in [5, 5.41) is 0. The molecule has 0 unspecified atom stereocenters. The number of rotatable bonds is 2. The number of aromatic nitrogens is 1. The molecule has 2 aromatic carbocycles. The van der Waals surface area contributed by atoms with Crippen LogP contribution in [0.15, 0.2) is 46.8 Å². The molecule has 0 aliphatic heterocycles. The molecule has 3 aromatic rings. The highest BCUT2D eigenvalue weighted by atomic mass is 32.2. The van der Waals surface area contributed by atoms with Gasteiger partial charge in [-0.15, -0.1) is 23.1 Å². The van der Waals surface area contributed by atoms with Gasteiger partial charge in [-0.2, -0.15) is 13.2 Å². The summed E-state index contributed by atoms with van der Waals surface area (Å²) in [4.78, 5) is 5.38. The van der Waals surface area contributed by atoms with Gasteiger partial charge in [0.05, 0.1) is 21.3 Å². The number of alkyl halides is 3. The zero-order valence-electron chi connectivity index (χ0n) is 13.4. The van der Waals surface area contributed by atoms with Gasteiger partial charge in [-0.25, -0.2) is 4.98 Å². The number of fused-ring (bicyclic) bond motifs is 1. The summed E-state index contributed by atoms with van der Waals surface area (Å²) in [5.74, 6) is 0. The van der Waals surface area contributed by atoms with Crippen molar-refractivity contribution in [3.8, 4) is 11.1 Å². The van der Waals surface area contributed by atoms with Crippen LogP contribution in [0.4, 0.5) is 13.2 Å². The predicted octanol–water partition coefficient (Wildman–Crippen LogP) is 6.87. The topological polar surface area (TPSA) is 12.9 Å². The van der Waals surface area contributed by atoms with E-state index < -0.39 is 11.7 Å². The smallest absolute Gasteiger partial charge is 0.245 e. The lowest BCUT2D eigenvalue weighted by Gasteiger charge is -2.20. The number of hydrogen-bond acceptors (Lipinski definition) is 3. The molecule has 0 aliphatic rings. The second kappa shape index (κ2) is 6.08. The summed E-state index contributed by atoms with van der Waals surface area (Å²) in [6.45, 7) is 6.35. The Balaban J connectivity index is 2.16. The third kappa shape index (κ3) is 3.59. The first-order valence-corrected chi connectivity index (χ1v) is 9.08. The van der Waals surface area contributed by atoms with Crippen LogP contribution in [-0.2, 0) is 6.18 Å². The molecule has 3 rings (SSSR count). The molecular formula is C18H16F3NS2. The van der Waals surface area contributed by atoms with E-state index in [0.717, 1.165) is 38.4 Å². The Morgan fingerprint density at radius 3 is 2.21 bits per heavy atom. The van der Waals surface area contributed by atoms with Crippen molar-refractivity contribution in [1.29, 1.82) is 0 Å². The summed E-state index contributed by atoms with van der Waals surface area (Å²) >= 11 is 3.22. The van der Waals surface area contributed by atoms with Crippen LogP contribution in [0.25, 0.3) is 21.3 Å². The van der Waals surface area contributed by atoms with Gasteiger partial charge >= 0.3 is 6.18 Å². The van der Waals surface area contributed by atoms with Gasteiger partial charge in [0.2, 0.25) is 0 Å². The van der Waals surface area contributed by atoms with E-state index in [9.17, 15) is 13.2 Å². The lowest BCUT2D eigenvalue weighted by molar-refractivity contribution is -0.137. The first kappa shape index (κ1) is 17.3. The molecular weight excluding hydrogens is 351 g/mol. The lowest BCUT2D eigenvalue weighted by Crippen LogP contribution is -2.07. The summed E-state index contributed by atoms with van der Waals surface area (Å²) in [6, 6.07) is 9.34. The van der Waals surface area contributed by atoms with Crippen molar-refractivity contribution in [2.75, 3.05) is 0 Å². The Bertz CT molecular complexity index is 859. The minimum atomic E-state index is -4.32.